The Morgan fingerprint density at radius 3 is 2.06 bits per heavy atom. The van der Waals surface area contributed by atoms with Crippen LogP contribution in [-0.4, -0.2) is 50.1 Å². The summed E-state index contributed by atoms with van der Waals surface area (Å²) in [7, 11) is 3.21. The van der Waals surface area contributed by atoms with Gasteiger partial charge in [0.05, 0.1) is 13.7 Å². The molecule has 0 aliphatic heterocycles. The van der Waals surface area contributed by atoms with Crippen molar-refractivity contribution >= 4 is 11.8 Å². The van der Waals surface area contributed by atoms with Gasteiger partial charge in [0.1, 0.15) is 11.8 Å². The SMILES string of the molecule is COCCNC(=O)C(Cc1ccccc1)N(Cc1ccc(OC)cc1)C(=O)CCc1ccccc1. The van der Waals surface area contributed by atoms with Crippen molar-refractivity contribution in [1.29, 1.82) is 0 Å². The zero-order valence-corrected chi connectivity index (χ0v) is 20.5. The third-order valence-corrected chi connectivity index (χ3v) is 5.86. The third-order valence-electron chi connectivity index (χ3n) is 5.86. The van der Waals surface area contributed by atoms with Crippen LogP contribution in [0.1, 0.15) is 23.1 Å². The van der Waals surface area contributed by atoms with Gasteiger partial charge in [0.25, 0.3) is 0 Å². The molecule has 0 aliphatic carbocycles. The normalized spacial score (nSPS) is 11.5. The first-order chi connectivity index (χ1) is 17.1. The molecule has 3 aromatic rings. The van der Waals surface area contributed by atoms with Crippen molar-refractivity contribution in [2.24, 2.45) is 0 Å². The van der Waals surface area contributed by atoms with E-state index in [-0.39, 0.29) is 11.8 Å². The Labute approximate surface area is 207 Å². The second-order valence-corrected chi connectivity index (χ2v) is 8.34. The molecule has 6 heteroatoms. The van der Waals surface area contributed by atoms with Gasteiger partial charge < -0.3 is 19.7 Å². The standard InChI is InChI=1S/C29H34N2O4/c1-34-20-19-30-29(33)27(21-24-11-7-4-8-12-24)31(22-25-13-16-26(35-2)17-14-25)28(32)18-15-23-9-5-3-6-10-23/h3-14,16-17,27H,15,18-22H2,1-2H3,(H,30,33). The summed E-state index contributed by atoms with van der Waals surface area (Å²) in [6.07, 6.45) is 1.35. The average molecular weight is 475 g/mol. The van der Waals surface area contributed by atoms with Crippen LogP contribution in [0, 0.1) is 0 Å². The summed E-state index contributed by atoms with van der Waals surface area (Å²) in [4.78, 5) is 28.7. The Kier molecular flexibility index (Phi) is 10.3. The lowest BCUT2D eigenvalue weighted by atomic mass is 10.0. The van der Waals surface area contributed by atoms with E-state index in [1.807, 2.05) is 84.9 Å². The van der Waals surface area contributed by atoms with E-state index in [2.05, 4.69) is 5.32 Å². The molecule has 3 rings (SSSR count). The minimum absolute atomic E-state index is 0.0625. The quantitative estimate of drug-likeness (QED) is 0.380. The van der Waals surface area contributed by atoms with Gasteiger partial charge in [-0.1, -0.05) is 72.8 Å². The largest absolute Gasteiger partial charge is 0.497 e. The first-order valence-electron chi connectivity index (χ1n) is 11.9. The second kappa shape index (κ2) is 13.9. The molecule has 184 valence electrons. The number of benzene rings is 3. The number of hydrogen-bond donors (Lipinski definition) is 1. The lowest BCUT2D eigenvalue weighted by molar-refractivity contribution is -0.141. The maximum absolute atomic E-state index is 13.6. The third kappa shape index (κ3) is 8.26. The highest BCUT2D eigenvalue weighted by Gasteiger charge is 2.30. The van der Waals surface area contributed by atoms with Crippen molar-refractivity contribution in [3.63, 3.8) is 0 Å². The van der Waals surface area contributed by atoms with Crippen LogP contribution in [0.25, 0.3) is 0 Å². The summed E-state index contributed by atoms with van der Waals surface area (Å²) in [6, 6.07) is 26.7. The fourth-order valence-corrected chi connectivity index (χ4v) is 3.92. The minimum Gasteiger partial charge on any atom is -0.497 e. The number of nitrogens with one attached hydrogen (secondary N) is 1. The van der Waals surface area contributed by atoms with Crippen molar-refractivity contribution in [3.05, 3.63) is 102 Å². The molecule has 0 aliphatic rings. The van der Waals surface area contributed by atoms with E-state index < -0.39 is 6.04 Å². The lowest BCUT2D eigenvalue weighted by Gasteiger charge is -2.31. The van der Waals surface area contributed by atoms with E-state index in [0.717, 1.165) is 22.4 Å². The Bertz CT molecular complexity index is 1040. The van der Waals surface area contributed by atoms with Gasteiger partial charge in [-0.2, -0.15) is 0 Å². The molecule has 3 aromatic carbocycles. The van der Waals surface area contributed by atoms with Crippen LogP contribution < -0.4 is 10.1 Å². The zero-order valence-electron chi connectivity index (χ0n) is 20.5. The molecule has 0 fully saturated rings. The highest BCUT2D eigenvalue weighted by Crippen LogP contribution is 2.19. The van der Waals surface area contributed by atoms with Gasteiger partial charge in [0.15, 0.2) is 0 Å². The van der Waals surface area contributed by atoms with E-state index in [9.17, 15) is 9.59 Å². The first-order valence-corrected chi connectivity index (χ1v) is 11.9. The summed E-state index contributed by atoms with van der Waals surface area (Å²) in [5.74, 6) is 0.494. The van der Waals surface area contributed by atoms with Crippen molar-refractivity contribution in [2.75, 3.05) is 27.4 Å². The number of nitrogens with zero attached hydrogens (tertiary/aromatic N) is 1. The molecule has 0 radical (unpaired) electrons. The highest BCUT2D eigenvalue weighted by atomic mass is 16.5. The monoisotopic (exact) mass is 474 g/mol. The number of hydrogen-bond acceptors (Lipinski definition) is 4. The van der Waals surface area contributed by atoms with Crippen LogP contribution in [-0.2, 0) is 33.7 Å². The molecular formula is C29H34N2O4. The molecule has 0 spiro atoms. The fourth-order valence-electron chi connectivity index (χ4n) is 3.92. The summed E-state index contributed by atoms with van der Waals surface area (Å²) in [5, 5.41) is 2.94. The average Bonchev–Trinajstić information content (AvgIpc) is 2.91. The van der Waals surface area contributed by atoms with Crippen molar-refractivity contribution in [2.45, 2.75) is 31.8 Å². The highest BCUT2D eigenvalue weighted by molar-refractivity contribution is 5.88. The molecule has 2 amide bonds. The van der Waals surface area contributed by atoms with Crippen LogP contribution in [0.15, 0.2) is 84.9 Å². The lowest BCUT2D eigenvalue weighted by Crippen LogP contribution is -2.51. The van der Waals surface area contributed by atoms with E-state index in [1.165, 1.54) is 0 Å². The summed E-state index contributed by atoms with van der Waals surface area (Å²) >= 11 is 0. The molecular weight excluding hydrogens is 440 g/mol. The predicted octanol–water partition coefficient (Wildman–Crippen LogP) is 4.03. The Morgan fingerprint density at radius 2 is 1.46 bits per heavy atom. The van der Waals surface area contributed by atoms with Gasteiger partial charge in [-0.05, 0) is 35.2 Å². The number of amides is 2. The molecule has 0 heterocycles. The molecule has 35 heavy (non-hydrogen) atoms. The van der Waals surface area contributed by atoms with E-state index >= 15 is 0 Å². The van der Waals surface area contributed by atoms with Crippen LogP contribution in [0.5, 0.6) is 5.75 Å². The van der Waals surface area contributed by atoms with E-state index in [0.29, 0.717) is 39.0 Å². The van der Waals surface area contributed by atoms with Gasteiger partial charge in [-0.3, -0.25) is 9.59 Å². The number of aryl methyl sites for hydroxylation is 1. The second-order valence-electron chi connectivity index (χ2n) is 8.34. The minimum atomic E-state index is -0.653. The van der Waals surface area contributed by atoms with E-state index in [4.69, 9.17) is 9.47 Å². The van der Waals surface area contributed by atoms with Gasteiger partial charge in [-0.15, -0.1) is 0 Å². The fraction of sp³-hybridized carbons (Fsp3) is 0.310. The van der Waals surface area contributed by atoms with Gasteiger partial charge in [0.2, 0.25) is 11.8 Å². The molecule has 1 unspecified atom stereocenters. The van der Waals surface area contributed by atoms with Gasteiger partial charge in [-0.25, -0.2) is 0 Å². The molecule has 0 aromatic heterocycles. The number of carbonyl (C=O) groups excluding carboxylic acids is 2. The molecule has 6 nitrogen and oxygen atoms in total. The Morgan fingerprint density at radius 1 is 0.829 bits per heavy atom. The summed E-state index contributed by atoms with van der Waals surface area (Å²) in [6.45, 7) is 1.12. The maximum atomic E-state index is 13.6. The summed E-state index contributed by atoms with van der Waals surface area (Å²) < 4.78 is 10.4. The molecule has 0 saturated carbocycles. The van der Waals surface area contributed by atoms with Crippen LogP contribution in [0.3, 0.4) is 0 Å². The molecule has 1 N–H and O–H groups in total. The van der Waals surface area contributed by atoms with Crippen LogP contribution in [0.2, 0.25) is 0 Å². The van der Waals surface area contributed by atoms with Crippen molar-refractivity contribution in [1.82, 2.24) is 10.2 Å². The number of ether oxygens (including phenoxy) is 2. The Balaban J connectivity index is 1.87. The van der Waals surface area contributed by atoms with Gasteiger partial charge in [0, 0.05) is 33.0 Å². The predicted molar refractivity (Wildman–Crippen MR) is 137 cm³/mol. The van der Waals surface area contributed by atoms with Crippen molar-refractivity contribution < 1.29 is 19.1 Å². The van der Waals surface area contributed by atoms with Crippen LogP contribution in [0.4, 0.5) is 0 Å². The topological polar surface area (TPSA) is 67.9 Å². The zero-order chi connectivity index (χ0) is 24.9. The number of methoxy groups -OCH3 is 2. The van der Waals surface area contributed by atoms with Gasteiger partial charge >= 0.3 is 0 Å². The van der Waals surface area contributed by atoms with E-state index in [1.54, 1.807) is 19.1 Å². The molecule has 1 atom stereocenters. The number of carbonyl (C=O) groups is 2. The summed E-state index contributed by atoms with van der Waals surface area (Å²) in [5.41, 5.74) is 3.02. The molecule has 0 saturated heterocycles. The first kappa shape index (κ1) is 26.0. The van der Waals surface area contributed by atoms with Crippen molar-refractivity contribution in [3.8, 4) is 5.75 Å². The Hall–Kier alpha value is -3.64. The smallest absolute Gasteiger partial charge is 0.243 e. The van der Waals surface area contributed by atoms with Crippen LogP contribution >= 0.6 is 0 Å². The maximum Gasteiger partial charge on any atom is 0.243 e. The number of rotatable bonds is 13. The molecule has 0 bridgehead atoms.